The normalized spacial score (nSPS) is 13.1. The molecule has 0 spiro atoms. The van der Waals surface area contributed by atoms with Crippen LogP contribution in [0.3, 0.4) is 0 Å². The zero-order valence-electron chi connectivity index (χ0n) is 7.65. The number of hydrogen-bond acceptors (Lipinski definition) is 4. The summed E-state index contributed by atoms with van der Waals surface area (Å²) in [5.41, 5.74) is -3.47. The van der Waals surface area contributed by atoms with E-state index in [0.29, 0.717) is 0 Å². The van der Waals surface area contributed by atoms with E-state index in [1.165, 1.54) is 0 Å². The van der Waals surface area contributed by atoms with Crippen LogP contribution in [0.2, 0.25) is 0 Å². The van der Waals surface area contributed by atoms with E-state index in [-0.39, 0.29) is 29.6 Å². The van der Waals surface area contributed by atoms with Crippen LogP contribution in [-0.4, -0.2) is 18.1 Å². The molecular formula is C7H5F2NaO4S. The Hall–Kier alpha value is -0.0500. The van der Waals surface area contributed by atoms with Gasteiger partial charge in [0.1, 0.15) is 10.1 Å². The van der Waals surface area contributed by atoms with Crippen LogP contribution in [0.1, 0.15) is 11.0 Å². The van der Waals surface area contributed by atoms with Crippen molar-refractivity contribution in [3.63, 3.8) is 0 Å². The fraction of sp³-hybridized carbons (Fsp3) is 0.143. The van der Waals surface area contributed by atoms with E-state index in [0.717, 1.165) is 18.2 Å². The summed E-state index contributed by atoms with van der Waals surface area (Å²) in [6.45, 7) is 0. The summed E-state index contributed by atoms with van der Waals surface area (Å²) in [6.07, 6.45) is 0. The maximum atomic E-state index is 12.8. The second kappa shape index (κ2) is 5.33. The quantitative estimate of drug-likeness (QED) is 0.462. The predicted octanol–water partition coefficient (Wildman–Crippen LogP) is -2.50. The molecule has 1 unspecified atom stereocenters. The molecule has 0 heterocycles. The van der Waals surface area contributed by atoms with Crippen molar-refractivity contribution in [3.8, 4) is 0 Å². The van der Waals surface area contributed by atoms with Crippen LogP contribution in [0.15, 0.2) is 18.2 Å². The minimum absolute atomic E-state index is 0. The Bertz CT molecular complexity index is 448. The second-order valence-electron chi connectivity index (χ2n) is 2.49. The Balaban J connectivity index is 0.00000196. The summed E-state index contributed by atoms with van der Waals surface area (Å²) in [6, 6.07) is 2.55. The molecule has 78 valence electrons. The Kier molecular flexibility index (Phi) is 5.31. The summed E-state index contributed by atoms with van der Waals surface area (Å²) in [5, 5.41) is 8.86. The summed E-state index contributed by atoms with van der Waals surface area (Å²) in [4.78, 5) is 0. The smallest absolute Gasteiger partial charge is 0.746 e. The summed E-state index contributed by atoms with van der Waals surface area (Å²) in [7, 11) is -5.10. The Morgan fingerprint density at radius 2 is 1.87 bits per heavy atom. The van der Waals surface area contributed by atoms with Crippen molar-refractivity contribution in [2.45, 2.75) is 5.44 Å². The number of hydrogen-bond donors (Lipinski definition) is 1. The third-order valence-electron chi connectivity index (χ3n) is 1.52. The third-order valence-corrected chi connectivity index (χ3v) is 2.32. The molecule has 15 heavy (non-hydrogen) atoms. The maximum absolute atomic E-state index is 12.8. The van der Waals surface area contributed by atoms with Crippen LogP contribution in [-0.2, 0) is 10.1 Å². The van der Waals surface area contributed by atoms with Crippen molar-refractivity contribution in [2.24, 2.45) is 0 Å². The Morgan fingerprint density at radius 1 is 1.33 bits per heavy atom. The van der Waals surface area contributed by atoms with Gasteiger partial charge in [0.05, 0.1) is 0 Å². The molecule has 0 aromatic heterocycles. The van der Waals surface area contributed by atoms with Crippen LogP contribution in [0, 0.1) is 11.6 Å². The number of rotatable bonds is 2. The molecule has 0 aliphatic rings. The van der Waals surface area contributed by atoms with Gasteiger partial charge < -0.3 is 9.66 Å². The van der Waals surface area contributed by atoms with Gasteiger partial charge in [0, 0.05) is 5.56 Å². The third kappa shape index (κ3) is 3.47. The first-order chi connectivity index (χ1) is 6.34. The van der Waals surface area contributed by atoms with E-state index in [4.69, 9.17) is 5.11 Å². The predicted molar refractivity (Wildman–Crippen MR) is 41.0 cm³/mol. The van der Waals surface area contributed by atoms with Gasteiger partial charge in [-0.15, -0.1) is 0 Å². The van der Waals surface area contributed by atoms with Crippen molar-refractivity contribution in [1.29, 1.82) is 0 Å². The summed E-state index contributed by atoms with van der Waals surface area (Å²) < 4.78 is 56.3. The van der Waals surface area contributed by atoms with Gasteiger partial charge in [-0.2, -0.15) is 0 Å². The maximum Gasteiger partial charge on any atom is 1.00 e. The molecule has 0 fully saturated rings. The van der Waals surface area contributed by atoms with E-state index in [1.54, 1.807) is 0 Å². The van der Waals surface area contributed by atoms with Crippen molar-refractivity contribution < 1.29 is 56.4 Å². The number of benzene rings is 1. The molecular weight excluding hydrogens is 241 g/mol. The minimum Gasteiger partial charge on any atom is -0.746 e. The first-order valence-corrected chi connectivity index (χ1v) is 4.88. The Morgan fingerprint density at radius 3 is 2.33 bits per heavy atom. The van der Waals surface area contributed by atoms with Crippen molar-refractivity contribution >= 4 is 10.1 Å². The molecule has 0 bridgehead atoms. The summed E-state index contributed by atoms with van der Waals surface area (Å²) in [5.74, 6) is -2.87. The van der Waals surface area contributed by atoms with Crippen LogP contribution in [0.5, 0.6) is 0 Å². The van der Waals surface area contributed by atoms with E-state index >= 15 is 0 Å². The SMILES string of the molecule is O=S(=O)([O-])C(O)c1cccc(F)c1F.[Na+]. The van der Waals surface area contributed by atoms with Crippen molar-refractivity contribution in [3.05, 3.63) is 35.4 Å². The van der Waals surface area contributed by atoms with Crippen LogP contribution < -0.4 is 29.6 Å². The van der Waals surface area contributed by atoms with Crippen molar-refractivity contribution in [1.82, 2.24) is 0 Å². The van der Waals surface area contributed by atoms with E-state index in [1.807, 2.05) is 0 Å². The zero-order valence-corrected chi connectivity index (χ0v) is 10.5. The minimum atomic E-state index is -5.10. The molecule has 1 aromatic rings. The van der Waals surface area contributed by atoms with Crippen LogP contribution in [0.25, 0.3) is 0 Å². The molecule has 0 radical (unpaired) electrons. The van der Waals surface area contributed by atoms with Crippen molar-refractivity contribution in [2.75, 3.05) is 0 Å². The summed E-state index contributed by atoms with van der Waals surface area (Å²) >= 11 is 0. The van der Waals surface area contributed by atoms with Gasteiger partial charge in [-0.05, 0) is 6.07 Å². The number of aliphatic hydroxyl groups excluding tert-OH is 1. The van der Waals surface area contributed by atoms with E-state index < -0.39 is 32.8 Å². The molecule has 1 atom stereocenters. The van der Waals surface area contributed by atoms with E-state index in [9.17, 15) is 21.8 Å². The second-order valence-corrected chi connectivity index (χ2v) is 3.92. The largest absolute Gasteiger partial charge is 1.00 e. The van der Waals surface area contributed by atoms with Gasteiger partial charge >= 0.3 is 29.6 Å². The van der Waals surface area contributed by atoms with Gasteiger partial charge in [0.25, 0.3) is 0 Å². The molecule has 4 nitrogen and oxygen atoms in total. The average Bonchev–Trinajstić information content (AvgIpc) is 2.07. The Labute approximate surface area is 107 Å². The molecule has 1 rings (SSSR count). The fourth-order valence-electron chi connectivity index (χ4n) is 0.867. The molecule has 0 saturated heterocycles. The first-order valence-electron chi connectivity index (χ1n) is 3.40. The molecule has 1 N–H and O–H groups in total. The molecule has 1 aromatic carbocycles. The molecule has 0 aliphatic carbocycles. The number of halogens is 2. The fourth-order valence-corrected chi connectivity index (χ4v) is 1.36. The van der Waals surface area contributed by atoms with Gasteiger partial charge in [-0.25, -0.2) is 17.2 Å². The first kappa shape index (κ1) is 14.9. The van der Waals surface area contributed by atoms with Gasteiger partial charge in [0.15, 0.2) is 17.1 Å². The van der Waals surface area contributed by atoms with Gasteiger partial charge in [-0.3, -0.25) is 0 Å². The van der Waals surface area contributed by atoms with Crippen LogP contribution >= 0.6 is 0 Å². The number of aliphatic hydroxyl groups is 1. The molecule has 0 saturated carbocycles. The monoisotopic (exact) mass is 246 g/mol. The topological polar surface area (TPSA) is 77.4 Å². The van der Waals surface area contributed by atoms with Crippen LogP contribution in [0.4, 0.5) is 8.78 Å². The molecule has 8 heteroatoms. The average molecular weight is 246 g/mol. The molecule has 0 aliphatic heterocycles. The van der Waals surface area contributed by atoms with E-state index in [2.05, 4.69) is 0 Å². The molecule has 0 amide bonds. The standard InChI is InChI=1S/C7H6F2O4S.Na/c8-5-3-1-2-4(6(5)9)7(10)14(11,12)13;/h1-3,7,10H,(H,11,12,13);/q;+1/p-1. The van der Waals surface area contributed by atoms with Gasteiger partial charge in [-0.1, -0.05) is 12.1 Å². The zero-order chi connectivity index (χ0) is 10.9. The van der Waals surface area contributed by atoms with Gasteiger partial charge in [0.2, 0.25) is 0 Å².